The summed E-state index contributed by atoms with van der Waals surface area (Å²) in [5.74, 6) is 3.05. The molecule has 4 aromatic rings. The van der Waals surface area contributed by atoms with Gasteiger partial charge in [0.1, 0.15) is 22.7 Å². The first kappa shape index (κ1) is 54.9. The van der Waals surface area contributed by atoms with E-state index in [1.54, 1.807) is 7.11 Å². The van der Waals surface area contributed by atoms with Gasteiger partial charge < -0.3 is 9.84 Å². The number of rotatable bonds is 21. The van der Waals surface area contributed by atoms with Crippen molar-refractivity contribution in [1.82, 2.24) is 0 Å². The number of ether oxygens (including phenoxy) is 1. The Labute approximate surface area is 431 Å². The third-order valence-corrected chi connectivity index (χ3v) is 18.0. The van der Waals surface area contributed by atoms with Gasteiger partial charge in [-0.1, -0.05) is 137 Å². The van der Waals surface area contributed by atoms with Crippen LogP contribution in [0.1, 0.15) is 197 Å². The standard InChI is InChI=1S/C34H45FO2.C31H40O4/c1-2-33(36)22-11-26-7-16-32(17-8-26)34(37)24-27-9-14-29(15-10-27)31-20-18-30(19-21-31)28-12-5-25(6-13-28)4-3-23-35;1-3-4-12-28(32)31(29(33)34)22-9-8-21-30(31,25-10-6-5-7-11-25)26-17-13-23(14-18-26)24-15-19-27(35-2)20-16-24/h5-6,12-13,18-21,26-27,29,32H,2-4,7-11,14-17,22-24H2,1H3;13-20,25H,3-12,21-22H2,1-2H3,(H,33,34)/t26-,27-,29-,32-;. The number of hydrogen-bond donors (Lipinski definition) is 1. The molecular formula is C65H85FO6. The van der Waals surface area contributed by atoms with Gasteiger partial charge in [0, 0.05) is 37.0 Å². The van der Waals surface area contributed by atoms with Gasteiger partial charge in [0.15, 0.2) is 5.78 Å². The van der Waals surface area contributed by atoms with Crippen LogP contribution >= 0.6 is 0 Å². The maximum Gasteiger partial charge on any atom is 0.318 e. The number of unbranched alkanes of at least 4 members (excludes halogenated alkanes) is 1. The number of Topliss-reactive ketones (excluding diaryl/α,β-unsaturated/α-hetero) is 3. The van der Waals surface area contributed by atoms with E-state index in [0.717, 1.165) is 144 Å². The minimum absolute atomic E-state index is 0.0450. The SMILES string of the molecule is CCC(=O)CC[C@H]1CC[C@H](C(=O)C[C@H]2CC[C@H](c3ccc(-c4ccc(CCCF)cc4)cc3)CC2)CC1.CCCCC(=O)C1(C(=O)O)CCCCC1(c1ccc(-c2ccc(OC)cc2)cc1)C1CCCCC1. The molecule has 0 spiro atoms. The quantitative estimate of drug-likeness (QED) is 0.0835. The predicted molar refractivity (Wildman–Crippen MR) is 290 cm³/mol. The first-order chi connectivity index (χ1) is 35.0. The zero-order valence-electron chi connectivity index (χ0n) is 44.1. The van der Waals surface area contributed by atoms with Gasteiger partial charge in [0.25, 0.3) is 0 Å². The molecule has 4 aliphatic carbocycles. The van der Waals surface area contributed by atoms with E-state index in [1.165, 1.54) is 41.5 Å². The Bertz CT molecular complexity index is 2310. The number of aryl methyl sites for hydroxylation is 1. The Morgan fingerprint density at radius 1 is 0.625 bits per heavy atom. The summed E-state index contributed by atoms with van der Waals surface area (Å²) in [6, 6.07) is 34.0. The lowest BCUT2D eigenvalue weighted by atomic mass is 9.45. The fraction of sp³-hybridized carbons (Fsp3) is 0.569. The van der Waals surface area contributed by atoms with Crippen molar-refractivity contribution in [1.29, 1.82) is 0 Å². The Balaban J connectivity index is 0.000000212. The number of ketones is 3. The molecule has 0 aromatic heterocycles. The summed E-state index contributed by atoms with van der Waals surface area (Å²) < 4.78 is 17.7. The van der Waals surface area contributed by atoms with Crippen LogP contribution in [0, 0.1) is 29.1 Å². The highest BCUT2D eigenvalue weighted by Gasteiger charge is 2.65. The molecule has 0 bridgehead atoms. The molecule has 0 saturated heterocycles. The van der Waals surface area contributed by atoms with Crippen molar-refractivity contribution in [3.05, 3.63) is 114 Å². The normalized spacial score (nSPS) is 24.6. The molecule has 7 heteroatoms. The first-order valence-corrected chi connectivity index (χ1v) is 28.4. The van der Waals surface area contributed by atoms with Crippen molar-refractivity contribution >= 4 is 23.3 Å². The average molecular weight is 981 g/mol. The molecule has 4 aliphatic rings. The summed E-state index contributed by atoms with van der Waals surface area (Å²) in [7, 11) is 1.66. The second-order valence-corrected chi connectivity index (χ2v) is 22.2. The third-order valence-electron chi connectivity index (χ3n) is 18.0. The van der Waals surface area contributed by atoms with Crippen LogP contribution in [0.25, 0.3) is 22.3 Å². The Morgan fingerprint density at radius 3 is 1.76 bits per heavy atom. The van der Waals surface area contributed by atoms with Gasteiger partial charge >= 0.3 is 5.97 Å². The molecule has 4 saturated carbocycles. The lowest BCUT2D eigenvalue weighted by Crippen LogP contribution is -2.61. The molecule has 6 nitrogen and oxygen atoms in total. The highest BCUT2D eigenvalue weighted by Crippen LogP contribution is 2.60. The van der Waals surface area contributed by atoms with Crippen LogP contribution in [0.2, 0.25) is 0 Å². The maximum absolute atomic E-state index is 13.9. The number of alkyl halides is 1. The molecule has 72 heavy (non-hydrogen) atoms. The second kappa shape index (κ2) is 26.9. The number of aliphatic carboxylic acids is 1. The topological polar surface area (TPSA) is 97.7 Å². The second-order valence-electron chi connectivity index (χ2n) is 22.2. The van der Waals surface area contributed by atoms with Crippen molar-refractivity contribution < 1.29 is 33.4 Å². The Kier molecular flexibility index (Phi) is 20.5. The van der Waals surface area contributed by atoms with Crippen LogP contribution in [0.15, 0.2) is 97.1 Å². The van der Waals surface area contributed by atoms with Gasteiger partial charge in [-0.25, -0.2) is 0 Å². The predicted octanol–water partition coefficient (Wildman–Crippen LogP) is 16.6. The number of methoxy groups -OCH3 is 1. The van der Waals surface area contributed by atoms with E-state index in [2.05, 4.69) is 79.7 Å². The fourth-order valence-electron chi connectivity index (χ4n) is 13.7. The van der Waals surface area contributed by atoms with Crippen molar-refractivity contribution in [2.75, 3.05) is 13.8 Å². The number of benzene rings is 4. The lowest BCUT2D eigenvalue weighted by Gasteiger charge is -2.55. The third kappa shape index (κ3) is 13.2. The van der Waals surface area contributed by atoms with E-state index in [1.807, 2.05) is 31.2 Å². The minimum atomic E-state index is -1.33. The van der Waals surface area contributed by atoms with Crippen molar-refractivity contribution in [3.63, 3.8) is 0 Å². The molecule has 4 fully saturated rings. The number of halogens is 1. The van der Waals surface area contributed by atoms with Crippen molar-refractivity contribution in [3.8, 4) is 28.0 Å². The summed E-state index contributed by atoms with van der Waals surface area (Å²) in [4.78, 5) is 51.8. The van der Waals surface area contributed by atoms with Crippen LogP contribution in [-0.4, -0.2) is 42.2 Å². The van der Waals surface area contributed by atoms with Crippen molar-refractivity contribution in [2.24, 2.45) is 29.1 Å². The summed E-state index contributed by atoms with van der Waals surface area (Å²) in [6.07, 6.45) is 24.1. The van der Waals surface area contributed by atoms with Gasteiger partial charge in [-0.2, -0.15) is 0 Å². The van der Waals surface area contributed by atoms with E-state index in [0.29, 0.717) is 55.0 Å². The highest BCUT2D eigenvalue weighted by atomic mass is 19.1. The van der Waals surface area contributed by atoms with Gasteiger partial charge in [-0.05, 0) is 177 Å². The summed E-state index contributed by atoms with van der Waals surface area (Å²) >= 11 is 0. The number of carbonyl (C=O) groups excluding carboxylic acids is 3. The van der Waals surface area contributed by atoms with Crippen molar-refractivity contribution in [2.45, 2.75) is 192 Å². The average Bonchev–Trinajstić information content (AvgIpc) is 3.44. The monoisotopic (exact) mass is 981 g/mol. The molecule has 2 unspecified atom stereocenters. The molecule has 1 N–H and O–H groups in total. The zero-order chi connectivity index (χ0) is 50.9. The molecule has 388 valence electrons. The number of carboxylic acid groups (broad SMARTS) is 1. The molecule has 0 aliphatic heterocycles. The van der Waals surface area contributed by atoms with Gasteiger partial charge in [0.2, 0.25) is 0 Å². The van der Waals surface area contributed by atoms with E-state index in [4.69, 9.17) is 4.74 Å². The zero-order valence-corrected chi connectivity index (χ0v) is 44.1. The van der Waals surface area contributed by atoms with Crippen LogP contribution < -0.4 is 4.74 Å². The summed E-state index contributed by atoms with van der Waals surface area (Å²) in [6.45, 7) is 3.75. The molecule has 8 rings (SSSR count). The first-order valence-electron chi connectivity index (χ1n) is 28.4. The van der Waals surface area contributed by atoms with Gasteiger partial charge in [-0.3, -0.25) is 23.6 Å². The molecule has 0 radical (unpaired) electrons. The Morgan fingerprint density at radius 2 is 1.19 bits per heavy atom. The maximum atomic E-state index is 13.9. The number of carboxylic acids is 1. The Hall–Kier alpha value is -4.91. The molecular weight excluding hydrogens is 896 g/mol. The minimum Gasteiger partial charge on any atom is -0.497 e. The van der Waals surface area contributed by atoms with E-state index in [9.17, 15) is 28.7 Å². The van der Waals surface area contributed by atoms with E-state index in [-0.39, 0.29) is 24.3 Å². The summed E-state index contributed by atoms with van der Waals surface area (Å²) in [5, 5.41) is 10.8. The summed E-state index contributed by atoms with van der Waals surface area (Å²) in [5.41, 5.74) is 6.32. The van der Waals surface area contributed by atoms with Crippen LogP contribution in [0.3, 0.4) is 0 Å². The van der Waals surface area contributed by atoms with E-state index >= 15 is 0 Å². The molecule has 4 aromatic carbocycles. The fourth-order valence-corrected chi connectivity index (χ4v) is 13.7. The lowest BCUT2D eigenvalue weighted by molar-refractivity contribution is -0.168. The molecule has 0 amide bonds. The number of carbonyl (C=O) groups is 4. The molecule has 0 heterocycles. The molecule has 2 atom stereocenters. The van der Waals surface area contributed by atoms with Crippen LogP contribution in [-0.2, 0) is 31.0 Å². The van der Waals surface area contributed by atoms with Crippen LogP contribution in [0.4, 0.5) is 4.39 Å². The van der Waals surface area contributed by atoms with Crippen LogP contribution in [0.5, 0.6) is 5.75 Å². The van der Waals surface area contributed by atoms with Gasteiger partial charge in [0.05, 0.1) is 13.8 Å². The van der Waals surface area contributed by atoms with E-state index < -0.39 is 16.8 Å². The smallest absolute Gasteiger partial charge is 0.318 e. The highest BCUT2D eigenvalue weighted by molar-refractivity contribution is 6.05. The number of hydrogen-bond acceptors (Lipinski definition) is 5. The largest absolute Gasteiger partial charge is 0.497 e. The van der Waals surface area contributed by atoms with Gasteiger partial charge in [-0.15, -0.1) is 0 Å².